The first-order valence-electron chi connectivity index (χ1n) is 5.38. The van der Waals surface area contributed by atoms with Gasteiger partial charge in [-0.15, -0.1) is 0 Å². The van der Waals surface area contributed by atoms with E-state index < -0.39 is 0 Å². The first-order valence-corrected chi connectivity index (χ1v) is 5.38. The summed E-state index contributed by atoms with van der Waals surface area (Å²) in [6.45, 7) is 6.57. The molecular weight excluding hydrogens is 188 g/mol. The largest absolute Gasteiger partial charge is 0.329 e. The van der Waals surface area contributed by atoms with Crippen LogP contribution >= 0.6 is 0 Å². The van der Waals surface area contributed by atoms with E-state index in [2.05, 4.69) is 35.1 Å². The Balaban J connectivity index is 2.77. The highest BCUT2D eigenvalue weighted by Crippen LogP contribution is 2.09. The standard InChI is InChI=1S/C11H20N4/c1-4-11-10(7-9(2)13-14-11)8-15(3)6-5-12/h7H,4-6,8,12H2,1-3H3. The van der Waals surface area contributed by atoms with Gasteiger partial charge in [0.2, 0.25) is 0 Å². The van der Waals surface area contributed by atoms with Gasteiger partial charge in [0.05, 0.1) is 11.4 Å². The molecule has 0 unspecified atom stereocenters. The molecule has 1 aromatic heterocycles. The third kappa shape index (κ3) is 3.57. The minimum absolute atomic E-state index is 0.690. The number of hydrogen-bond donors (Lipinski definition) is 1. The van der Waals surface area contributed by atoms with Crippen molar-refractivity contribution in [2.75, 3.05) is 20.1 Å². The Morgan fingerprint density at radius 2 is 2.13 bits per heavy atom. The maximum absolute atomic E-state index is 5.51. The molecule has 15 heavy (non-hydrogen) atoms. The van der Waals surface area contributed by atoms with Crippen molar-refractivity contribution in [2.45, 2.75) is 26.8 Å². The van der Waals surface area contributed by atoms with Gasteiger partial charge in [0.25, 0.3) is 0 Å². The Morgan fingerprint density at radius 1 is 1.40 bits per heavy atom. The lowest BCUT2D eigenvalue weighted by Gasteiger charge is -2.17. The molecule has 0 fully saturated rings. The topological polar surface area (TPSA) is 55.0 Å². The van der Waals surface area contributed by atoms with E-state index in [9.17, 15) is 0 Å². The normalized spacial score (nSPS) is 11.0. The first kappa shape index (κ1) is 12.1. The van der Waals surface area contributed by atoms with Gasteiger partial charge < -0.3 is 10.6 Å². The van der Waals surface area contributed by atoms with Crippen LogP contribution in [0.5, 0.6) is 0 Å². The SMILES string of the molecule is CCc1nnc(C)cc1CN(C)CCN. The number of likely N-dealkylation sites (N-methyl/N-ethyl adjacent to an activating group) is 1. The fourth-order valence-electron chi connectivity index (χ4n) is 1.59. The maximum atomic E-state index is 5.51. The van der Waals surface area contributed by atoms with Crippen LogP contribution in [0, 0.1) is 6.92 Å². The van der Waals surface area contributed by atoms with Gasteiger partial charge in [-0.3, -0.25) is 0 Å². The predicted octanol–water partition coefficient (Wildman–Crippen LogP) is 0.738. The molecule has 0 spiro atoms. The van der Waals surface area contributed by atoms with Gasteiger partial charge in [-0.2, -0.15) is 10.2 Å². The van der Waals surface area contributed by atoms with Crippen molar-refractivity contribution in [3.8, 4) is 0 Å². The Bertz CT molecular complexity index is 311. The Labute approximate surface area is 91.5 Å². The van der Waals surface area contributed by atoms with E-state index in [1.807, 2.05) is 6.92 Å². The summed E-state index contributed by atoms with van der Waals surface area (Å²) < 4.78 is 0. The zero-order valence-electron chi connectivity index (χ0n) is 9.82. The zero-order chi connectivity index (χ0) is 11.3. The van der Waals surface area contributed by atoms with Gasteiger partial charge in [-0.05, 0) is 32.0 Å². The monoisotopic (exact) mass is 208 g/mol. The fourth-order valence-corrected chi connectivity index (χ4v) is 1.59. The summed E-state index contributed by atoms with van der Waals surface area (Å²) in [6, 6.07) is 2.11. The first-order chi connectivity index (χ1) is 7.17. The smallest absolute Gasteiger partial charge is 0.0673 e. The zero-order valence-corrected chi connectivity index (χ0v) is 9.82. The Hall–Kier alpha value is -1.00. The summed E-state index contributed by atoms with van der Waals surface area (Å²) in [5.41, 5.74) is 8.84. The molecule has 0 atom stereocenters. The second kappa shape index (κ2) is 5.78. The van der Waals surface area contributed by atoms with Crippen LogP contribution in [0.25, 0.3) is 0 Å². The van der Waals surface area contributed by atoms with Crippen molar-refractivity contribution in [3.63, 3.8) is 0 Å². The van der Waals surface area contributed by atoms with E-state index in [1.54, 1.807) is 0 Å². The van der Waals surface area contributed by atoms with Crippen LogP contribution in [0.3, 0.4) is 0 Å². The van der Waals surface area contributed by atoms with Crippen molar-refractivity contribution in [3.05, 3.63) is 23.0 Å². The van der Waals surface area contributed by atoms with Gasteiger partial charge in [0.1, 0.15) is 0 Å². The molecule has 4 heteroatoms. The summed E-state index contributed by atoms with van der Waals surface area (Å²) in [6.07, 6.45) is 0.930. The summed E-state index contributed by atoms with van der Waals surface area (Å²) in [5, 5.41) is 8.27. The minimum atomic E-state index is 0.690. The molecule has 1 rings (SSSR count). The predicted molar refractivity (Wildman–Crippen MR) is 61.5 cm³/mol. The average molecular weight is 208 g/mol. The number of hydrogen-bond acceptors (Lipinski definition) is 4. The van der Waals surface area contributed by atoms with Crippen molar-refractivity contribution in [2.24, 2.45) is 5.73 Å². The second-order valence-corrected chi connectivity index (χ2v) is 3.84. The molecule has 0 aliphatic heterocycles. The van der Waals surface area contributed by atoms with E-state index >= 15 is 0 Å². The second-order valence-electron chi connectivity index (χ2n) is 3.84. The Kier molecular flexibility index (Phi) is 4.65. The van der Waals surface area contributed by atoms with Gasteiger partial charge in [0.15, 0.2) is 0 Å². The summed E-state index contributed by atoms with van der Waals surface area (Å²) in [5.74, 6) is 0. The molecule has 0 aliphatic carbocycles. The number of nitrogens with zero attached hydrogens (tertiary/aromatic N) is 3. The third-order valence-electron chi connectivity index (χ3n) is 2.37. The van der Waals surface area contributed by atoms with Crippen LogP contribution in [0.2, 0.25) is 0 Å². The highest BCUT2D eigenvalue weighted by Gasteiger charge is 2.06. The quantitative estimate of drug-likeness (QED) is 0.775. The molecule has 1 heterocycles. The average Bonchev–Trinajstić information content (AvgIpc) is 2.18. The Morgan fingerprint density at radius 3 is 2.73 bits per heavy atom. The van der Waals surface area contributed by atoms with E-state index in [0.717, 1.165) is 30.9 Å². The lowest BCUT2D eigenvalue weighted by atomic mass is 10.1. The summed E-state index contributed by atoms with van der Waals surface area (Å²) >= 11 is 0. The van der Waals surface area contributed by atoms with Crippen molar-refractivity contribution in [1.82, 2.24) is 15.1 Å². The maximum Gasteiger partial charge on any atom is 0.0673 e. The highest BCUT2D eigenvalue weighted by atomic mass is 15.1. The molecule has 0 amide bonds. The van der Waals surface area contributed by atoms with E-state index in [-0.39, 0.29) is 0 Å². The minimum Gasteiger partial charge on any atom is -0.329 e. The van der Waals surface area contributed by atoms with Crippen molar-refractivity contribution in [1.29, 1.82) is 0 Å². The molecule has 4 nitrogen and oxygen atoms in total. The third-order valence-corrected chi connectivity index (χ3v) is 2.37. The molecule has 0 aliphatic rings. The van der Waals surface area contributed by atoms with Crippen molar-refractivity contribution >= 4 is 0 Å². The van der Waals surface area contributed by atoms with Crippen LogP contribution in [-0.4, -0.2) is 35.2 Å². The number of aryl methyl sites for hydroxylation is 2. The van der Waals surface area contributed by atoms with Crippen LogP contribution in [0.4, 0.5) is 0 Å². The van der Waals surface area contributed by atoms with Crippen LogP contribution < -0.4 is 5.73 Å². The molecule has 0 aromatic carbocycles. The van der Waals surface area contributed by atoms with Gasteiger partial charge in [0, 0.05) is 19.6 Å². The fraction of sp³-hybridized carbons (Fsp3) is 0.636. The van der Waals surface area contributed by atoms with Gasteiger partial charge >= 0.3 is 0 Å². The molecule has 0 saturated carbocycles. The molecule has 2 N–H and O–H groups in total. The lowest BCUT2D eigenvalue weighted by Crippen LogP contribution is -2.25. The van der Waals surface area contributed by atoms with Crippen LogP contribution in [0.1, 0.15) is 23.9 Å². The van der Waals surface area contributed by atoms with Crippen molar-refractivity contribution < 1.29 is 0 Å². The van der Waals surface area contributed by atoms with Gasteiger partial charge in [-0.25, -0.2) is 0 Å². The molecule has 84 valence electrons. The van der Waals surface area contributed by atoms with Crippen LogP contribution in [0.15, 0.2) is 6.07 Å². The lowest BCUT2D eigenvalue weighted by molar-refractivity contribution is 0.334. The summed E-state index contributed by atoms with van der Waals surface area (Å²) in [4.78, 5) is 2.20. The number of aromatic nitrogens is 2. The number of nitrogens with two attached hydrogens (primary N) is 1. The molecule has 0 radical (unpaired) electrons. The van der Waals surface area contributed by atoms with Gasteiger partial charge in [-0.1, -0.05) is 6.92 Å². The van der Waals surface area contributed by atoms with E-state index in [4.69, 9.17) is 5.73 Å². The number of rotatable bonds is 5. The molecule has 0 saturated heterocycles. The van der Waals surface area contributed by atoms with Crippen LogP contribution in [-0.2, 0) is 13.0 Å². The highest BCUT2D eigenvalue weighted by molar-refractivity contribution is 5.20. The molecule has 0 bridgehead atoms. The molecule has 1 aromatic rings. The van der Waals surface area contributed by atoms with E-state index in [0.29, 0.717) is 6.54 Å². The molecular formula is C11H20N4. The summed E-state index contributed by atoms with van der Waals surface area (Å²) in [7, 11) is 2.07. The van der Waals surface area contributed by atoms with E-state index in [1.165, 1.54) is 5.56 Å².